The fourth-order valence-corrected chi connectivity index (χ4v) is 0.588. The maximum Gasteiger partial charge on any atom is 0.332 e. The van der Waals surface area contributed by atoms with Crippen LogP contribution in [0.25, 0.3) is 0 Å². The van der Waals surface area contributed by atoms with Gasteiger partial charge in [-0.1, -0.05) is 0 Å². The predicted octanol–water partition coefficient (Wildman–Crippen LogP) is -1.87. The molecule has 0 aliphatic carbocycles. The number of nitrogen functional groups attached to an aromatic ring is 1. The van der Waals surface area contributed by atoms with E-state index in [1.165, 1.54) is 0 Å². The van der Waals surface area contributed by atoms with E-state index in [1.54, 1.807) is 0 Å². The molecule has 1 aromatic heterocycles. The maximum absolute atomic E-state index is 11.0. The van der Waals surface area contributed by atoms with Crippen molar-refractivity contribution in [3.05, 3.63) is 5.82 Å². The summed E-state index contributed by atoms with van der Waals surface area (Å²) in [6.45, 7) is -0.643. The minimum atomic E-state index is -1.21. The first-order valence-corrected chi connectivity index (χ1v) is 3.41. The number of rotatable bonds is 4. The first-order chi connectivity index (χ1) is 6.59. The molecule has 1 amide bonds. The van der Waals surface area contributed by atoms with Gasteiger partial charge >= 0.3 is 11.9 Å². The number of carbonyl (C=O) groups is 2. The van der Waals surface area contributed by atoms with E-state index in [9.17, 15) is 9.59 Å². The number of hydroxylamine groups is 1. The highest BCUT2D eigenvalue weighted by molar-refractivity contribution is 5.89. The fraction of sp³-hybridized carbons (Fsp3) is 0.200. The van der Waals surface area contributed by atoms with Crippen molar-refractivity contribution >= 4 is 17.8 Å². The monoisotopic (exact) mass is 201 g/mol. The van der Waals surface area contributed by atoms with E-state index in [4.69, 9.17) is 10.8 Å². The van der Waals surface area contributed by atoms with E-state index in [-0.39, 0.29) is 11.8 Å². The Morgan fingerprint density at radius 3 is 2.86 bits per heavy atom. The Morgan fingerprint density at radius 2 is 2.36 bits per heavy atom. The molecule has 0 radical (unpaired) electrons. The van der Waals surface area contributed by atoms with Crippen molar-refractivity contribution in [3.8, 4) is 0 Å². The van der Waals surface area contributed by atoms with Crippen LogP contribution in [0.3, 0.4) is 0 Å². The second-order valence-corrected chi connectivity index (χ2v) is 2.16. The molecule has 0 saturated carbocycles. The molecule has 0 aromatic carbocycles. The number of amides is 1. The highest BCUT2D eigenvalue weighted by Crippen LogP contribution is 1.91. The summed E-state index contributed by atoms with van der Waals surface area (Å²) in [5.74, 6) is -2.21. The zero-order valence-electron chi connectivity index (χ0n) is 6.85. The normalized spacial score (nSPS) is 9.71. The summed E-state index contributed by atoms with van der Waals surface area (Å²) >= 11 is 0. The number of aliphatic carboxylic acids is 1. The van der Waals surface area contributed by atoms with E-state index >= 15 is 0 Å². The lowest BCUT2D eigenvalue weighted by molar-refractivity contribution is -0.144. The number of nitrogens with one attached hydrogen (secondary N) is 2. The number of carbonyl (C=O) groups excluding carboxylic acids is 1. The van der Waals surface area contributed by atoms with Crippen molar-refractivity contribution in [2.75, 3.05) is 12.3 Å². The van der Waals surface area contributed by atoms with Gasteiger partial charge in [-0.3, -0.25) is 14.7 Å². The zero-order chi connectivity index (χ0) is 10.6. The average molecular weight is 201 g/mol. The molecule has 9 nitrogen and oxygen atoms in total. The number of nitrogens with zero attached hydrogens (tertiary/aromatic N) is 2. The number of aromatic nitrogens is 3. The standard InChI is InChI=1S/C5H7N5O4/c6-5-7-3(8-9-5)4(13)10-14-1-2(11)12/h1H2,(H,10,13)(H,11,12)(H3,6,7,8,9). The summed E-state index contributed by atoms with van der Waals surface area (Å²) in [7, 11) is 0. The third kappa shape index (κ3) is 2.71. The van der Waals surface area contributed by atoms with Gasteiger partial charge in [0.15, 0.2) is 6.61 Å². The number of nitrogens with two attached hydrogens (primary N) is 1. The molecule has 14 heavy (non-hydrogen) atoms. The van der Waals surface area contributed by atoms with Gasteiger partial charge in [0.25, 0.3) is 0 Å². The maximum atomic E-state index is 11.0. The molecule has 5 N–H and O–H groups in total. The Balaban J connectivity index is 2.39. The SMILES string of the molecule is Nc1n[nH]c(C(=O)NOCC(=O)O)n1. The third-order valence-corrected chi connectivity index (χ3v) is 1.08. The van der Waals surface area contributed by atoms with Gasteiger partial charge in [-0.05, 0) is 0 Å². The summed E-state index contributed by atoms with van der Waals surface area (Å²) < 4.78 is 0. The van der Waals surface area contributed by atoms with Gasteiger partial charge in [0.05, 0.1) is 0 Å². The van der Waals surface area contributed by atoms with Gasteiger partial charge in [0.1, 0.15) is 0 Å². The van der Waals surface area contributed by atoms with Crippen LogP contribution < -0.4 is 11.2 Å². The summed E-state index contributed by atoms with van der Waals surface area (Å²) in [4.78, 5) is 28.8. The molecule has 1 aromatic rings. The van der Waals surface area contributed by atoms with Crippen LogP contribution in [0.5, 0.6) is 0 Å². The van der Waals surface area contributed by atoms with Crippen molar-refractivity contribution in [1.82, 2.24) is 20.7 Å². The van der Waals surface area contributed by atoms with E-state index in [0.29, 0.717) is 0 Å². The van der Waals surface area contributed by atoms with Crippen LogP contribution in [-0.2, 0) is 9.63 Å². The van der Waals surface area contributed by atoms with Crippen LogP contribution in [0.2, 0.25) is 0 Å². The van der Waals surface area contributed by atoms with Gasteiger partial charge < -0.3 is 10.8 Å². The quantitative estimate of drug-likeness (QED) is 0.418. The van der Waals surface area contributed by atoms with Crippen LogP contribution >= 0.6 is 0 Å². The predicted molar refractivity (Wildman–Crippen MR) is 41.8 cm³/mol. The van der Waals surface area contributed by atoms with Gasteiger partial charge in [-0.2, -0.15) is 4.98 Å². The third-order valence-electron chi connectivity index (χ3n) is 1.08. The summed E-state index contributed by atoms with van der Waals surface area (Å²) in [5, 5.41) is 13.8. The van der Waals surface area contributed by atoms with Crippen LogP contribution in [0.15, 0.2) is 0 Å². The van der Waals surface area contributed by atoms with Gasteiger partial charge in [-0.15, -0.1) is 5.10 Å². The van der Waals surface area contributed by atoms with Gasteiger partial charge in [0, 0.05) is 0 Å². The topological polar surface area (TPSA) is 143 Å². The molecule has 0 atom stereocenters. The summed E-state index contributed by atoms with van der Waals surface area (Å²) in [6, 6.07) is 0. The van der Waals surface area contributed by atoms with E-state index in [1.807, 2.05) is 5.48 Å². The molecular weight excluding hydrogens is 194 g/mol. The molecule has 0 unspecified atom stereocenters. The molecule has 1 heterocycles. The Kier molecular flexibility index (Phi) is 2.97. The van der Waals surface area contributed by atoms with E-state index < -0.39 is 18.5 Å². The Bertz CT molecular complexity index is 348. The lowest BCUT2D eigenvalue weighted by Gasteiger charge is -1.99. The molecule has 76 valence electrons. The molecule has 1 rings (SSSR count). The number of carboxylic acids is 1. The minimum Gasteiger partial charge on any atom is -0.479 e. The van der Waals surface area contributed by atoms with Crippen LogP contribution in [0.1, 0.15) is 10.6 Å². The minimum absolute atomic E-state index is 0.0895. The smallest absolute Gasteiger partial charge is 0.332 e. The molecular formula is C5H7N5O4. The highest BCUT2D eigenvalue weighted by Gasteiger charge is 2.10. The van der Waals surface area contributed by atoms with Crippen molar-refractivity contribution in [3.63, 3.8) is 0 Å². The van der Waals surface area contributed by atoms with Crippen molar-refractivity contribution in [1.29, 1.82) is 0 Å². The van der Waals surface area contributed by atoms with Crippen molar-refractivity contribution in [2.24, 2.45) is 0 Å². The lowest BCUT2D eigenvalue weighted by atomic mass is 10.6. The van der Waals surface area contributed by atoms with Gasteiger partial charge in [-0.25, -0.2) is 10.3 Å². The molecule has 0 aliphatic heterocycles. The van der Waals surface area contributed by atoms with Gasteiger partial charge in [0.2, 0.25) is 11.8 Å². The first-order valence-electron chi connectivity index (χ1n) is 3.41. The van der Waals surface area contributed by atoms with Crippen molar-refractivity contribution in [2.45, 2.75) is 0 Å². The number of anilines is 1. The summed E-state index contributed by atoms with van der Waals surface area (Å²) in [5.41, 5.74) is 6.96. The van der Waals surface area contributed by atoms with E-state index in [0.717, 1.165) is 0 Å². The highest BCUT2D eigenvalue weighted by atomic mass is 16.7. The van der Waals surface area contributed by atoms with Crippen LogP contribution in [0, 0.1) is 0 Å². The molecule has 0 bridgehead atoms. The van der Waals surface area contributed by atoms with Crippen LogP contribution in [-0.4, -0.2) is 38.8 Å². The lowest BCUT2D eigenvalue weighted by Crippen LogP contribution is -2.27. The number of hydrogen-bond donors (Lipinski definition) is 4. The fourth-order valence-electron chi connectivity index (χ4n) is 0.588. The zero-order valence-corrected chi connectivity index (χ0v) is 6.85. The second-order valence-electron chi connectivity index (χ2n) is 2.16. The molecule has 0 aliphatic rings. The molecule has 0 fully saturated rings. The molecule has 0 spiro atoms. The summed E-state index contributed by atoms with van der Waals surface area (Å²) in [6.07, 6.45) is 0. The van der Waals surface area contributed by atoms with Crippen LogP contribution in [0.4, 0.5) is 5.95 Å². The van der Waals surface area contributed by atoms with Crippen molar-refractivity contribution < 1.29 is 19.5 Å². The Morgan fingerprint density at radius 1 is 1.64 bits per heavy atom. The Hall–Kier alpha value is -2.16. The largest absolute Gasteiger partial charge is 0.479 e. The number of carboxylic acid groups (broad SMARTS) is 1. The molecule has 9 heteroatoms. The average Bonchev–Trinajstić information content (AvgIpc) is 2.51. The number of H-pyrrole nitrogens is 1. The number of aromatic amines is 1. The first kappa shape index (κ1) is 9.92. The Labute approximate surface area is 77.2 Å². The molecule has 0 saturated heterocycles. The van der Waals surface area contributed by atoms with E-state index in [2.05, 4.69) is 20.0 Å². The number of hydrogen-bond acceptors (Lipinski definition) is 6. The second kappa shape index (κ2) is 4.18.